The van der Waals surface area contributed by atoms with Gasteiger partial charge in [-0.1, -0.05) is 28.1 Å². The zero-order valence-electron chi connectivity index (χ0n) is 15.2. The fraction of sp³-hybridized carbons (Fsp3) is 0.529. The van der Waals surface area contributed by atoms with Crippen molar-refractivity contribution in [3.63, 3.8) is 0 Å². The molecule has 0 aliphatic rings. The minimum atomic E-state index is -4.53. The first-order chi connectivity index (χ1) is 12.4. The van der Waals surface area contributed by atoms with Gasteiger partial charge in [0.1, 0.15) is 12.2 Å². The molecule has 0 spiro atoms. The van der Waals surface area contributed by atoms with Gasteiger partial charge in [0.15, 0.2) is 0 Å². The lowest BCUT2D eigenvalue weighted by atomic mass is 10.0. The van der Waals surface area contributed by atoms with E-state index in [4.69, 9.17) is 9.47 Å². The number of carbonyl (C=O) groups is 2. The van der Waals surface area contributed by atoms with Crippen LogP contribution in [0.3, 0.4) is 0 Å². The van der Waals surface area contributed by atoms with Gasteiger partial charge in [-0.25, -0.2) is 9.59 Å². The number of hydrogen-bond acceptors (Lipinski definition) is 4. The van der Waals surface area contributed by atoms with Crippen LogP contribution >= 0.6 is 15.9 Å². The van der Waals surface area contributed by atoms with E-state index >= 15 is 0 Å². The summed E-state index contributed by atoms with van der Waals surface area (Å²) in [5.74, 6) is 0. The Hall–Kier alpha value is -1.97. The summed E-state index contributed by atoms with van der Waals surface area (Å²) in [7, 11) is 0. The van der Waals surface area contributed by atoms with Crippen molar-refractivity contribution in [2.24, 2.45) is 0 Å². The Morgan fingerprint density at radius 2 is 1.85 bits per heavy atom. The standard InChI is InChI=1S/C17H22BrF3N2O4/c1-16(2,3)27-15(25)23-13(10-22-14(24)26-8-7-18)11-5-4-6-12(9-11)17(19,20)21/h4-6,9,13H,7-8,10H2,1-3H3,(H,22,24)(H,23,25). The summed E-state index contributed by atoms with van der Waals surface area (Å²) in [5, 5.41) is 5.32. The molecule has 0 aliphatic heterocycles. The average Bonchev–Trinajstić information content (AvgIpc) is 2.54. The van der Waals surface area contributed by atoms with Crippen LogP contribution in [-0.4, -0.2) is 36.3 Å². The van der Waals surface area contributed by atoms with E-state index in [1.807, 2.05) is 0 Å². The number of carbonyl (C=O) groups excluding carboxylic acids is 2. The van der Waals surface area contributed by atoms with Crippen LogP contribution in [0.15, 0.2) is 24.3 Å². The minimum Gasteiger partial charge on any atom is -0.449 e. The molecule has 27 heavy (non-hydrogen) atoms. The van der Waals surface area contributed by atoms with E-state index < -0.39 is 35.6 Å². The van der Waals surface area contributed by atoms with Crippen LogP contribution in [-0.2, 0) is 15.7 Å². The van der Waals surface area contributed by atoms with E-state index in [9.17, 15) is 22.8 Å². The topological polar surface area (TPSA) is 76.7 Å². The van der Waals surface area contributed by atoms with Gasteiger partial charge in [0.25, 0.3) is 0 Å². The number of alkyl halides is 4. The van der Waals surface area contributed by atoms with Crippen LogP contribution in [0, 0.1) is 0 Å². The predicted octanol–water partition coefficient (Wildman–Crippen LogP) is 4.39. The third-order valence-electron chi connectivity index (χ3n) is 3.07. The highest BCUT2D eigenvalue weighted by molar-refractivity contribution is 9.09. The van der Waals surface area contributed by atoms with Crippen LogP contribution in [0.25, 0.3) is 0 Å². The Labute approximate surface area is 163 Å². The molecule has 10 heteroatoms. The van der Waals surface area contributed by atoms with Crippen LogP contribution < -0.4 is 10.6 Å². The van der Waals surface area contributed by atoms with Gasteiger partial charge in [0.05, 0.1) is 11.6 Å². The third kappa shape index (κ3) is 8.98. The van der Waals surface area contributed by atoms with Crippen molar-refractivity contribution < 1.29 is 32.2 Å². The summed E-state index contributed by atoms with van der Waals surface area (Å²) in [6.07, 6.45) is -6.10. The molecule has 0 radical (unpaired) electrons. The SMILES string of the molecule is CC(C)(C)OC(=O)NC(CNC(=O)OCCBr)c1cccc(C(F)(F)F)c1. The molecule has 0 aliphatic carbocycles. The lowest BCUT2D eigenvalue weighted by Crippen LogP contribution is -2.40. The predicted molar refractivity (Wildman–Crippen MR) is 96.7 cm³/mol. The highest BCUT2D eigenvalue weighted by Gasteiger charge is 2.31. The van der Waals surface area contributed by atoms with E-state index in [-0.39, 0.29) is 18.7 Å². The van der Waals surface area contributed by atoms with Crippen LogP contribution in [0.2, 0.25) is 0 Å². The fourth-order valence-electron chi connectivity index (χ4n) is 2.00. The number of ether oxygens (including phenoxy) is 2. The normalized spacial score (nSPS) is 12.9. The first kappa shape index (κ1) is 23.1. The highest BCUT2D eigenvalue weighted by Crippen LogP contribution is 2.30. The number of halogens is 4. The van der Waals surface area contributed by atoms with Crippen molar-refractivity contribution in [3.05, 3.63) is 35.4 Å². The van der Waals surface area contributed by atoms with Gasteiger partial charge in [0.2, 0.25) is 0 Å². The van der Waals surface area contributed by atoms with Gasteiger partial charge in [-0.2, -0.15) is 13.2 Å². The van der Waals surface area contributed by atoms with Crippen LogP contribution in [0.5, 0.6) is 0 Å². The summed E-state index contributed by atoms with van der Waals surface area (Å²) < 4.78 is 48.8. The molecule has 0 bridgehead atoms. The molecule has 2 N–H and O–H groups in total. The van der Waals surface area contributed by atoms with Crippen molar-refractivity contribution in [3.8, 4) is 0 Å². The van der Waals surface area contributed by atoms with E-state index in [1.54, 1.807) is 20.8 Å². The summed E-state index contributed by atoms with van der Waals surface area (Å²) in [6.45, 7) is 4.91. The molecular formula is C17H22BrF3N2O4. The monoisotopic (exact) mass is 454 g/mol. The number of alkyl carbamates (subject to hydrolysis) is 2. The molecule has 0 aromatic heterocycles. The summed E-state index contributed by atoms with van der Waals surface area (Å²) in [5.41, 5.74) is -1.49. The second-order valence-corrected chi connectivity index (χ2v) is 7.32. The van der Waals surface area contributed by atoms with Gasteiger partial charge in [-0.3, -0.25) is 0 Å². The van der Waals surface area contributed by atoms with Crippen molar-refractivity contribution >= 4 is 28.1 Å². The number of amides is 2. The maximum Gasteiger partial charge on any atom is 0.416 e. The maximum absolute atomic E-state index is 13.0. The first-order valence-corrected chi connectivity index (χ1v) is 9.18. The number of benzene rings is 1. The Morgan fingerprint density at radius 1 is 1.19 bits per heavy atom. The summed E-state index contributed by atoms with van der Waals surface area (Å²) >= 11 is 3.10. The fourth-order valence-corrected chi connectivity index (χ4v) is 2.16. The quantitative estimate of drug-likeness (QED) is 0.624. The number of hydrogen-bond donors (Lipinski definition) is 2. The smallest absolute Gasteiger partial charge is 0.416 e. The van der Waals surface area contributed by atoms with Gasteiger partial charge >= 0.3 is 18.4 Å². The lowest BCUT2D eigenvalue weighted by Gasteiger charge is -2.24. The largest absolute Gasteiger partial charge is 0.449 e. The molecular weight excluding hydrogens is 433 g/mol. The van der Waals surface area contributed by atoms with Crippen molar-refractivity contribution in [1.82, 2.24) is 10.6 Å². The molecule has 1 unspecified atom stereocenters. The van der Waals surface area contributed by atoms with Gasteiger partial charge in [0, 0.05) is 11.9 Å². The van der Waals surface area contributed by atoms with Crippen molar-refractivity contribution in [2.75, 3.05) is 18.5 Å². The molecule has 0 fully saturated rings. The number of nitrogens with one attached hydrogen (secondary N) is 2. The molecule has 2 amide bonds. The van der Waals surface area contributed by atoms with Crippen molar-refractivity contribution in [2.45, 2.75) is 38.6 Å². The van der Waals surface area contributed by atoms with Gasteiger partial charge < -0.3 is 20.1 Å². The summed E-state index contributed by atoms with van der Waals surface area (Å²) in [6, 6.07) is 3.53. The average molecular weight is 455 g/mol. The molecule has 1 rings (SSSR count). The zero-order chi connectivity index (χ0) is 20.7. The van der Waals surface area contributed by atoms with E-state index in [1.165, 1.54) is 12.1 Å². The Kier molecular flexibility index (Phi) is 8.39. The molecule has 0 saturated heterocycles. The second kappa shape index (κ2) is 9.82. The molecule has 0 heterocycles. The van der Waals surface area contributed by atoms with Gasteiger partial charge in [-0.15, -0.1) is 0 Å². The molecule has 152 valence electrons. The van der Waals surface area contributed by atoms with Crippen LogP contribution in [0.4, 0.5) is 22.8 Å². The Bertz CT molecular complexity index is 648. The third-order valence-corrected chi connectivity index (χ3v) is 3.39. The Morgan fingerprint density at radius 3 is 2.41 bits per heavy atom. The number of rotatable bonds is 6. The van der Waals surface area contributed by atoms with E-state index in [2.05, 4.69) is 26.6 Å². The lowest BCUT2D eigenvalue weighted by molar-refractivity contribution is -0.137. The Balaban J connectivity index is 2.96. The second-order valence-electron chi connectivity index (χ2n) is 6.53. The first-order valence-electron chi connectivity index (χ1n) is 8.05. The summed E-state index contributed by atoms with van der Waals surface area (Å²) in [4.78, 5) is 23.6. The molecule has 1 aromatic carbocycles. The van der Waals surface area contributed by atoms with Crippen molar-refractivity contribution in [1.29, 1.82) is 0 Å². The zero-order valence-corrected chi connectivity index (χ0v) is 16.7. The van der Waals surface area contributed by atoms with Crippen LogP contribution in [0.1, 0.15) is 37.9 Å². The minimum absolute atomic E-state index is 0.125. The molecule has 1 aromatic rings. The molecule has 1 atom stereocenters. The highest BCUT2D eigenvalue weighted by atomic mass is 79.9. The van der Waals surface area contributed by atoms with Gasteiger partial charge in [-0.05, 0) is 38.5 Å². The maximum atomic E-state index is 13.0. The van der Waals surface area contributed by atoms with E-state index in [0.717, 1.165) is 12.1 Å². The molecule has 6 nitrogen and oxygen atoms in total. The molecule has 0 saturated carbocycles. The van der Waals surface area contributed by atoms with E-state index in [0.29, 0.717) is 5.33 Å².